The number of rotatable bonds is 5. The summed E-state index contributed by atoms with van der Waals surface area (Å²) in [5, 5.41) is 7.38. The van der Waals surface area contributed by atoms with E-state index in [0.29, 0.717) is 67.8 Å². The van der Waals surface area contributed by atoms with E-state index in [1.165, 1.54) is 4.90 Å². The van der Waals surface area contributed by atoms with Gasteiger partial charge in [0.05, 0.1) is 22.5 Å². The van der Waals surface area contributed by atoms with E-state index in [0.717, 1.165) is 55.0 Å². The van der Waals surface area contributed by atoms with Gasteiger partial charge in [-0.05, 0) is 109 Å². The second kappa shape index (κ2) is 14.8. The van der Waals surface area contributed by atoms with E-state index in [2.05, 4.69) is 15.4 Å². The van der Waals surface area contributed by atoms with E-state index in [1.807, 2.05) is 37.3 Å². The molecule has 3 aliphatic heterocycles. The van der Waals surface area contributed by atoms with Crippen molar-refractivity contribution < 1.29 is 37.1 Å². The van der Waals surface area contributed by atoms with E-state index in [-0.39, 0.29) is 25.5 Å². The first-order valence-corrected chi connectivity index (χ1v) is 22.2. The Morgan fingerprint density at radius 2 is 1.80 bits per heavy atom. The number of amides is 4. The molecule has 4 fully saturated rings. The van der Waals surface area contributed by atoms with E-state index >= 15 is 0 Å². The Kier molecular flexibility index (Phi) is 10.3. The molecule has 0 bridgehead atoms. The van der Waals surface area contributed by atoms with Gasteiger partial charge in [-0.2, -0.15) is 0 Å². The van der Waals surface area contributed by atoms with Gasteiger partial charge < -0.3 is 25.0 Å². The second-order valence-corrected chi connectivity index (χ2v) is 19.8. The molecule has 2 aromatic rings. The second-order valence-electron chi connectivity index (χ2n) is 17.2. The zero-order chi connectivity index (χ0) is 39.5. The fraction of sp³-hybridized carbons (Fsp3) is 0.634. The lowest BCUT2D eigenvalue weighted by molar-refractivity contribution is -0.144. The number of alkyl carbamates (subject to hydrolysis) is 1. The minimum absolute atomic E-state index is 0.0621. The number of nitrogens with one attached hydrogen (secondary N) is 3. The summed E-state index contributed by atoms with van der Waals surface area (Å²) in [5.41, 5.74) is -0.107. The summed E-state index contributed by atoms with van der Waals surface area (Å²) in [5.74, 6) is -1.59. The van der Waals surface area contributed by atoms with Crippen molar-refractivity contribution in [3.8, 4) is 5.75 Å². The maximum absolute atomic E-state index is 14.8. The number of carbonyl (C=O) groups excluding carboxylic acids is 4. The smallest absolute Gasteiger partial charge is 0.408 e. The van der Waals surface area contributed by atoms with Gasteiger partial charge in [0.2, 0.25) is 21.8 Å². The quantitative estimate of drug-likeness (QED) is 0.321. The number of aromatic nitrogens is 1. The minimum Gasteiger partial charge on any atom is -0.483 e. The van der Waals surface area contributed by atoms with Gasteiger partial charge in [0, 0.05) is 28.3 Å². The molecule has 15 heteroatoms. The highest BCUT2D eigenvalue weighted by Crippen LogP contribution is 2.47. The maximum atomic E-state index is 14.8. The van der Waals surface area contributed by atoms with Crippen LogP contribution in [0.15, 0.2) is 30.4 Å². The van der Waals surface area contributed by atoms with Gasteiger partial charge >= 0.3 is 6.09 Å². The zero-order valence-corrected chi connectivity index (χ0v) is 33.7. The molecule has 3 aliphatic carbocycles. The molecular weight excluding hydrogens is 758 g/mol. The fourth-order valence-corrected chi connectivity index (χ4v) is 10.9. The van der Waals surface area contributed by atoms with Crippen molar-refractivity contribution in [3.05, 3.63) is 46.6 Å². The first-order chi connectivity index (χ1) is 26.7. The standard InChI is InChI=1S/C41H52ClN5O8S/c1-25-34-30(29-15-14-27(42)22-32(29)43-25)17-18-40(55-34)23-33-35(48)45-41(37(50)46-56(52,53)39(2)20-21-39)19-16-26(41)10-6-4-3-5-7-13-31(36(49)47(33)24-40)44-38(51)54-28-11-8-9-12-28/h6,10,14-15,22,26,28,31,33H,3-5,7-9,11-13,16-21,23-24H2,1-2H3,(H,44,51)(H,45,48)(H,46,50). The summed E-state index contributed by atoms with van der Waals surface area (Å²) in [4.78, 5) is 63.3. The molecule has 13 nitrogen and oxygen atoms in total. The van der Waals surface area contributed by atoms with E-state index < -0.39 is 67.7 Å². The Hall–Kier alpha value is -3.91. The van der Waals surface area contributed by atoms with E-state index in [9.17, 15) is 27.6 Å². The Labute approximate surface area is 333 Å². The van der Waals surface area contributed by atoms with Crippen molar-refractivity contribution in [3.63, 3.8) is 0 Å². The van der Waals surface area contributed by atoms with Crippen molar-refractivity contribution >= 4 is 56.3 Å². The Balaban J connectivity index is 1.13. The predicted octanol–water partition coefficient (Wildman–Crippen LogP) is 5.68. The average Bonchev–Trinajstić information content (AvgIpc) is 3.53. The molecule has 4 heterocycles. The third-order valence-corrected chi connectivity index (χ3v) is 15.7. The Bertz CT molecular complexity index is 2080. The van der Waals surface area contributed by atoms with Gasteiger partial charge in [-0.1, -0.05) is 42.7 Å². The van der Waals surface area contributed by atoms with Gasteiger partial charge in [0.1, 0.15) is 35.1 Å². The number of benzene rings is 1. The van der Waals surface area contributed by atoms with Crippen LogP contribution in [0.3, 0.4) is 0 Å². The molecule has 1 aromatic carbocycles. The summed E-state index contributed by atoms with van der Waals surface area (Å²) < 4.78 is 40.6. The monoisotopic (exact) mass is 809 g/mol. The SMILES string of the molecule is Cc1nc2cc(Cl)ccc2c2c1OC1(CC2)CC2C(=O)NC3(C(=O)NS(=O)(=O)C4(C)CC4)CCC3C=CCCCCCC(NC(=O)OC3CCCC3)C(=O)N2C1. The molecule has 302 valence electrons. The normalized spacial score (nSPS) is 30.5. The van der Waals surface area contributed by atoms with Gasteiger partial charge in [-0.3, -0.25) is 19.1 Å². The van der Waals surface area contributed by atoms with Gasteiger partial charge in [0.15, 0.2) is 0 Å². The molecule has 5 atom stereocenters. The van der Waals surface area contributed by atoms with Crippen LogP contribution in [0.5, 0.6) is 5.75 Å². The van der Waals surface area contributed by atoms with Crippen LogP contribution in [0.25, 0.3) is 10.9 Å². The highest BCUT2D eigenvalue weighted by molar-refractivity contribution is 7.91. The molecule has 0 radical (unpaired) electrons. The largest absolute Gasteiger partial charge is 0.483 e. The number of halogens is 1. The number of pyridine rings is 1. The van der Waals surface area contributed by atoms with Gasteiger partial charge in [-0.25, -0.2) is 18.2 Å². The predicted molar refractivity (Wildman–Crippen MR) is 209 cm³/mol. The number of hydrogen-bond acceptors (Lipinski definition) is 9. The Morgan fingerprint density at radius 3 is 2.54 bits per heavy atom. The molecule has 1 aromatic heterocycles. The van der Waals surface area contributed by atoms with E-state index in [4.69, 9.17) is 26.1 Å². The number of nitrogens with zero attached hydrogens (tertiary/aromatic N) is 2. The molecular formula is C41H52ClN5O8S. The van der Waals surface area contributed by atoms with Crippen LogP contribution in [-0.2, 0) is 35.6 Å². The van der Waals surface area contributed by atoms with Crippen LogP contribution in [-0.4, -0.2) is 82.7 Å². The molecule has 3 N–H and O–H groups in total. The Morgan fingerprint density at radius 1 is 1.04 bits per heavy atom. The summed E-state index contributed by atoms with van der Waals surface area (Å²) in [6.07, 6.45) is 12.8. The van der Waals surface area contributed by atoms with Crippen molar-refractivity contribution in [1.29, 1.82) is 0 Å². The number of carbonyl (C=O) groups is 4. The summed E-state index contributed by atoms with van der Waals surface area (Å²) in [6, 6.07) is 3.53. The lowest BCUT2D eigenvalue weighted by Gasteiger charge is -2.48. The molecule has 8 rings (SSSR count). The highest BCUT2D eigenvalue weighted by Gasteiger charge is 2.59. The lowest BCUT2D eigenvalue weighted by Crippen LogP contribution is -2.70. The van der Waals surface area contributed by atoms with Crippen LogP contribution < -0.4 is 20.1 Å². The van der Waals surface area contributed by atoms with Crippen LogP contribution in [0, 0.1) is 12.8 Å². The third-order valence-electron chi connectivity index (χ3n) is 13.3. The van der Waals surface area contributed by atoms with Crippen molar-refractivity contribution in [2.75, 3.05) is 6.54 Å². The number of ether oxygens (including phenoxy) is 2. The molecule has 3 saturated carbocycles. The van der Waals surface area contributed by atoms with E-state index in [1.54, 1.807) is 6.92 Å². The first-order valence-electron chi connectivity index (χ1n) is 20.3. The molecule has 6 aliphatic rings. The molecule has 5 unspecified atom stereocenters. The van der Waals surface area contributed by atoms with Crippen LogP contribution in [0.4, 0.5) is 4.79 Å². The first kappa shape index (κ1) is 38.9. The number of sulfonamides is 1. The summed E-state index contributed by atoms with van der Waals surface area (Å²) >= 11 is 6.30. The lowest BCUT2D eigenvalue weighted by atomic mass is 9.65. The van der Waals surface area contributed by atoms with Crippen LogP contribution in [0.2, 0.25) is 5.02 Å². The molecule has 4 amide bonds. The average molecular weight is 810 g/mol. The fourth-order valence-electron chi connectivity index (χ4n) is 9.37. The number of allylic oxidation sites excluding steroid dienone is 1. The minimum atomic E-state index is -4.00. The topological polar surface area (TPSA) is 173 Å². The van der Waals surface area contributed by atoms with Gasteiger partial charge in [0.25, 0.3) is 5.91 Å². The third kappa shape index (κ3) is 7.24. The number of aryl methyl sites for hydroxylation is 2. The maximum Gasteiger partial charge on any atom is 0.408 e. The summed E-state index contributed by atoms with van der Waals surface area (Å²) in [7, 11) is -4.00. The van der Waals surface area contributed by atoms with Crippen molar-refractivity contribution in [2.45, 2.75) is 151 Å². The van der Waals surface area contributed by atoms with Crippen molar-refractivity contribution in [1.82, 2.24) is 25.2 Å². The summed E-state index contributed by atoms with van der Waals surface area (Å²) in [6.45, 7) is 3.54. The molecule has 1 spiro atoms. The van der Waals surface area contributed by atoms with Crippen LogP contribution in [0.1, 0.15) is 114 Å². The van der Waals surface area contributed by atoms with Crippen LogP contribution >= 0.6 is 11.6 Å². The van der Waals surface area contributed by atoms with Crippen molar-refractivity contribution in [2.24, 2.45) is 5.92 Å². The zero-order valence-electron chi connectivity index (χ0n) is 32.2. The number of fused-ring (bicyclic) bond motifs is 5. The highest BCUT2D eigenvalue weighted by atomic mass is 35.5. The molecule has 1 saturated heterocycles. The molecule has 56 heavy (non-hydrogen) atoms. The number of hydrogen-bond donors (Lipinski definition) is 3. The van der Waals surface area contributed by atoms with Gasteiger partial charge in [-0.15, -0.1) is 0 Å².